The zero-order valence-electron chi connectivity index (χ0n) is 7.95. The number of aryl methyl sites for hydroxylation is 1. The number of amides is 1. The quantitative estimate of drug-likeness (QED) is 0.715. The molecule has 0 atom stereocenters. The zero-order valence-corrected chi connectivity index (χ0v) is 7.95. The SMILES string of the molecule is Cc1ccnc(C(N)=O)c1C1(O)CC1. The summed E-state index contributed by atoms with van der Waals surface area (Å²) in [4.78, 5) is 15.0. The first kappa shape index (κ1) is 9.15. The van der Waals surface area contributed by atoms with Crippen molar-refractivity contribution in [1.29, 1.82) is 0 Å². The van der Waals surface area contributed by atoms with Crippen molar-refractivity contribution in [2.75, 3.05) is 0 Å². The largest absolute Gasteiger partial charge is 0.385 e. The van der Waals surface area contributed by atoms with Gasteiger partial charge in [0.2, 0.25) is 0 Å². The molecular formula is C10H12N2O2. The van der Waals surface area contributed by atoms with Gasteiger partial charge in [-0.15, -0.1) is 0 Å². The molecule has 1 aromatic rings. The highest BCUT2D eigenvalue weighted by Gasteiger charge is 2.45. The molecule has 3 N–H and O–H groups in total. The smallest absolute Gasteiger partial charge is 0.267 e. The number of nitrogens with zero attached hydrogens (tertiary/aromatic N) is 1. The molecule has 2 rings (SSSR count). The molecule has 0 spiro atoms. The van der Waals surface area contributed by atoms with Gasteiger partial charge in [0.1, 0.15) is 5.69 Å². The standard InChI is InChI=1S/C10H12N2O2/c1-6-2-5-12-8(9(11)13)7(6)10(14)3-4-10/h2,5,14H,3-4H2,1H3,(H2,11,13). The monoisotopic (exact) mass is 192 g/mol. The number of nitrogens with two attached hydrogens (primary N) is 1. The molecule has 1 saturated carbocycles. The van der Waals surface area contributed by atoms with Gasteiger partial charge in [-0.3, -0.25) is 9.78 Å². The van der Waals surface area contributed by atoms with E-state index in [4.69, 9.17) is 5.73 Å². The molecule has 0 aromatic carbocycles. The molecule has 1 aliphatic carbocycles. The molecule has 14 heavy (non-hydrogen) atoms. The Morgan fingerprint density at radius 1 is 1.64 bits per heavy atom. The predicted octanol–water partition coefficient (Wildman–Crippen LogP) is 0.470. The fraction of sp³-hybridized carbons (Fsp3) is 0.400. The molecule has 74 valence electrons. The van der Waals surface area contributed by atoms with Crippen LogP contribution in [0.1, 0.15) is 34.5 Å². The minimum Gasteiger partial charge on any atom is -0.385 e. The van der Waals surface area contributed by atoms with Crippen molar-refractivity contribution >= 4 is 5.91 Å². The molecule has 1 fully saturated rings. The number of aliphatic hydroxyl groups is 1. The van der Waals surface area contributed by atoms with Crippen LogP contribution in [-0.4, -0.2) is 16.0 Å². The average Bonchev–Trinajstić information content (AvgIpc) is 2.84. The van der Waals surface area contributed by atoms with Crippen molar-refractivity contribution in [3.63, 3.8) is 0 Å². The van der Waals surface area contributed by atoms with Gasteiger partial charge in [-0.05, 0) is 31.4 Å². The maximum Gasteiger partial charge on any atom is 0.267 e. The molecule has 0 radical (unpaired) electrons. The molecule has 1 amide bonds. The number of primary amides is 1. The van der Waals surface area contributed by atoms with Crippen molar-refractivity contribution in [1.82, 2.24) is 4.98 Å². The summed E-state index contributed by atoms with van der Waals surface area (Å²) in [5, 5.41) is 9.96. The van der Waals surface area contributed by atoms with E-state index in [2.05, 4.69) is 4.98 Å². The second kappa shape index (κ2) is 2.78. The van der Waals surface area contributed by atoms with E-state index >= 15 is 0 Å². The van der Waals surface area contributed by atoms with Crippen molar-refractivity contribution in [3.05, 3.63) is 29.1 Å². The molecule has 1 aliphatic rings. The lowest BCUT2D eigenvalue weighted by atomic mass is 10.00. The first-order chi connectivity index (χ1) is 6.54. The normalized spacial score (nSPS) is 17.9. The van der Waals surface area contributed by atoms with E-state index in [0.29, 0.717) is 18.4 Å². The van der Waals surface area contributed by atoms with Crippen LogP contribution in [0.5, 0.6) is 0 Å². The highest BCUT2D eigenvalue weighted by atomic mass is 16.3. The molecule has 1 aromatic heterocycles. The number of carbonyl (C=O) groups excluding carboxylic acids is 1. The molecule has 0 unspecified atom stereocenters. The fourth-order valence-corrected chi connectivity index (χ4v) is 1.70. The van der Waals surface area contributed by atoms with E-state index in [9.17, 15) is 9.90 Å². The number of pyridine rings is 1. The lowest BCUT2D eigenvalue weighted by Gasteiger charge is -2.13. The van der Waals surface area contributed by atoms with Crippen LogP contribution in [0.4, 0.5) is 0 Å². The van der Waals surface area contributed by atoms with Crippen molar-refractivity contribution in [3.8, 4) is 0 Å². The highest BCUT2D eigenvalue weighted by molar-refractivity contribution is 5.93. The van der Waals surface area contributed by atoms with Crippen molar-refractivity contribution in [2.24, 2.45) is 5.73 Å². The Balaban J connectivity index is 2.60. The third kappa shape index (κ3) is 1.28. The van der Waals surface area contributed by atoms with Gasteiger partial charge < -0.3 is 10.8 Å². The van der Waals surface area contributed by atoms with E-state index in [0.717, 1.165) is 5.56 Å². The predicted molar refractivity (Wildman–Crippen MR) is 50.6 cm³/mol. The Kier molecular flexibility index (Phi) is 1.82. The minimum absolute atomic E-state index is 0.199. The number of hydrogen-bond acceptors (Lipinski definition) is 3. The van der Waals surface area contributed by atoms with E-state index in [1.54, 1.807) is 6.07 Å². The summed E-state index contributed by atoms with van der Waals surface area (Å²) in [5.41, 5.74) is 6.01. The zero-order chi connectivity index (χ0) is 10.3. The van der Waals surface area contributed by atoms with Gasteiger partial charge in [-0.1, -0.05) is 0 Å². The lowest BCUT2D eigenvalue weighted by Crippen LogP contribution is -2.21. The molecule has 4 nitrogen and oxygen atoms in total. The second-order valence-electron chi connectivity index (χ2n) is 3.75. The molecule has 4 heteroatoms. The minimum atomic E-state index is -0.858. The summed E-state index contributed by atoms with van der Waals surface area (Å²) in [5.74, 6) is -0.580. The van der Waals surface area contributed by atoms with E-state index in [1.807, 2.05) is 6.92 Å². The number of hydrogen-bond donors (Lipinski definition) is 2. The van der Waals surface area contributed by atoms with Gasteiger partial charge in [0, 0.05) is 11.8 Å². The van der Waals surface area contributed by atoms with E-state index in [1.165, 1.54) is 6.20 Å². The molecule has 0 saturated heterocycles. The Hall–Kier alpha value is -1.42. The van der Waals surface area contributed by atoms with Crippen LogP contribution in [0.25, 0.3) is 0 Å². The van der Waals surface area contributed by atoms with Crippen molar-refractivity contribution < 1.29 is 9.90 Å². The van der Waals surface area contributed by atoms with Crippen molar-refractivity contribution in [2.45, 2.75) is 25.4 Å². The number of carbonyl (C=O) groups is 1. The average molecular weight is 192 g/mol. The lowest BCUT2D eigenvalue weighted by molar-refractivity contribution is 0.0980. The molecule has 0 bridgehead atoms. The van der Waals surface area contributed by atoms with Gasteiger partial charge in [0.25, 0.3) is 5.91 Å². The Labute approximate surface area is 81.8 Å². The summed E-state index contributed by atoms with van der Waals surface area (Å²) in [6, 6.07) is 1.78. The first-order valence-corrected chi connectivity index (χ1v) is 4.53. The Bertz CT molecular complexity index is 397. The number of rotatable bonds is 2. The van der Waals surface area contributed by atoms with E-state index < -0.39 is 11.5 Å². The Morgan fingerprint density at radius 3 is 2.79 bits per heavy atom. The summed E-state index contributed by atoms with van der Waals surface area (Å²) in [6.07, 6.45) is 2.89. The first-order valence-electron chi connectivity index (χ1n) is 4.53. The molecule has 1 heterocycles. The van der Waals surface area contributed by atoms with Gasteiger partial charge in [0.05, 0.1) is 5.60 Å². The second-order valence-corrected chi connectivity index (χ2v) is 3.75. The summed E-state index contributed by atoms with van der Waals surface area (Å²) in [6.45, 7) is 1.85. The van der Waals surface area contributed by atoms with Gasteiger partial charge >= 0.3 is 0 Å². The maximum absolute atomic E-state index is 11.1. The van der Waals surface area contributed by atoms with Crippen LogP contribution in [0.15, 0.2) is 12.3 Å². The van der Waals surface area contributed by atoms with Crippen LogP contribution in [0.2, 0.25) is 0 Å². The van der Waals surface area contributed by atoms with Crippen LogP contribution in [0.3, 0.4) is 0 Å². The third-order valence-corrected chi connectivity index (χ3v) is 2.58. The summed E-state index contributed by atoms with van der Waals surface area (Å²) < 4.78 is 0. The molecule has 0 aliphatic heterocycles. The highest BCUT2D eigenvalue weighted by Crippen LogP contribution is 2.47. The molecular weight excluding hydrogens is 180 g/mol. The van der Waals surface area contributed by atoms with Crippen LogP contribution >= 0.6 is 0 Å². The summed E-state index contributed by atoms with van der Waals surface area (Å²) >= 11 is 0. The van der Waals surface area contributed by atoms with Crippen LogP contribution < -0.4 is 5.73 Å². The fourth-order valence-electron chi connectivity index (χ4n) is 1.70. The van der Waals surface area contributed by atoms with Gasteiger partial charge in [-0.25, -0.2) is 0 Å². The van der Waals surface area contributed by atoms with E-state index in [-0.39, 0.29) is 5.69 Å². The van der Waals surface area contributed by atoms with Crippen LogP contribution in [0, 0.1) is 6.92 Å². The maximum atomic E-state index is 11.1. The number of aromatic nitrogens is 1. The third-order valence-electron chi connectivity index (χ3n) is 2.58. The topological polar surface area (TPSA) is 76.2 Å². The van der Waals surface area contributed by atoms with Crippen LogP contribution in [-0.2, 0) is 5.60 Å². The van der Waals surface area contributed by atoms with Gasteiger partial charge in [-0.2, -0.15) is 0 Å². The Morgan fingerprint density at radius 2 is 2.29 bits per heavy atom. The summed E-state index contributed by atoms with van der Waals surface area (Å²) in [7, 11) is 0. The van der Waals surface area contributed by atoms with Gasteiger partial charge in [0.15, 0.2) is 0 Å².